The molecule has 8 nitrogen and oxygen atoms in total. The fraction of sp³-hybridized carbons (Fsp3) is 0.368. The predicted molar refractivity (Wildman–Crippen MR) is 99.3 cm³/mol. The number of β-amino-alcohol motifs (C(OH)–C–C–N with tert-alkyl or cyclic N) is 1. The smallest absolute Gasteiger partial charge is 0.325 e. The van der Waals surface area contributed by atoms with Gasteiger partial charge in [-0.2, -0.15) is 0 Å². The van der Waals surface area contributed by atoms with Crippen LogP contribution in [-0.4, -0.2) is 56.6 Å². The molecule has 3 heterocycles. The minimum Gasteiger partial charge on any atom is -0.480 e. The molecule has 2 aliphatic rings. The molecular formula is C19H19N3O5S. The summed E-state index contributed by atoms with van der Waals surface area (Å²) in [6, 6.07) is 8.35. The molecule has 0 saturated carbocycles. The number of aliphatic hydroxyl groups excluding tert-OH is 1. The van der Waals surface area contributed by atoms with Gasteiger partial charge in [0.05, 0.1) is 31.0 Å². The van der Waals surface area contributed by atoms with Crippen molar-refractivity contribution in [2.45, 2.75) is 18.0 Å². The van der Waals surface area contributed by atoms with Crippen molar-refractivity contribution in [3.63, 3.8) is 0 Å². The largest absolute Gasteiger partial charge is 0.480 e. The first-order valence-corrected chi connectivity index (χ1v) is 9.78. The maximum Gasteiger partial charge on any atom is 0.325 e. The van der Waals surface area contributed by atoms with Crippen molar-refractivity contribution >= 4 is 29.1 Å². The number of carbonyl (C=O) groups excluding carboxylic acids is 2. The molecule has 3 N–H and O–H groups in total. The topological polar surface area (TPSA) is 120 Å². The van der Waals surface area contributed by atoms with Crippen molar-refractivity contribution < 1.29 is 24.6 Å². The van der Waals surface area contributed by atoms with E-state index in [9.17, 15) is 24.6 Å². The highest BCUT2D eigenvalue weighted by Gasteiger charge is 2.68. The lowest BCUT2D eigenvalue weighted by atomic mass is 9.76. The van der Waals surface area contributed by atoms with Crippen LogP contribution in [0.15, 0.2) is 41.9 Å². The van der Waals surface area contributed by atoms with E-state index in [1.165, 1.54) is 11.3 Å². The van der Waals surface area contributed by atoms with E-state index in [0.29, 0.717) is 5.01 Å². The zero-order valence-corrected chi connectivity index (χ0v) is 15.6. The Hall–Kier alpha value is -2.62. The van der Waals surface area contributed by atoms with E-state index in [-0.39, 0.29) is 19.6 Å². The highest BCUT2D eigenvalue weighted by atomic mass is 32.1. The van der Waals surface area contributed by atoms with Gasteiger partial charge in [-0.15, -0.1) is 11.3 Å². The van der Waals surface area contributed by atoms with Crippen LogP contribution >= 0.6 is 11.3 Å². The summed E-state index contributed by atoms with van der Waals surface area (Å²) in [5.41, 5.74) is -0.893. The number of nitrogens with one attached hydrogen (secondary N) is 1. The quantitative estimate of drug-likeness (QED) is 0.601. The lowest BCUT2D eigenvalue weighted by molar-refractivity contribution is -0.151. The SMILES string of the molecule is O=C1C2C(c3nccs3)NC(Cc3ccccc3)(C(=O)O)C2C(=O)N1CCO. The fourth-order valence-electron chi connectivity index (χ4n) is 4.34. The number of fused-ring (bicyclic) bond motifs is 1. The highest BCUT2D eigenvalue weighted by molar-refractivity contribution is 7.09. The standard InChI is InChI=1S/C19H19N3O5S/c23-8-7-22-16(24)12-13(17(22)25)19(18(26)27,10-11-4-2-1-3-5-11)21-14(12)15-20-6-9-28-15/h1-6,9,12-14,21,23H,7-8,10H2,(H,26,27). The van der Waals surface area contributed by atoms with Gasteiger partial charge in [0.15, 0.2) is 0 Å². The number of carboxylic acid groups (broad SMARTS) is 1. The van der Waals surface area contributed by atoms with Crippen LogP contribution in [0.1, 0.15) is 16.6 Å². The number of aliphatic carboxylic acids is 1. The first-order valence-electron chi connectivity index (χ1n) is 8.90. The van der Waals surface area contributed by atoms with Gasteiger partial charge in [-0.1, -0.05) is 30.3 Å². The second kappa shape index (κ2) is 7.08. The van der Waals surface area contributed by atoms with Gasteiger partial charge in [-0.3, -0.25) is 24.6 Å². The van der Waals surface area contributed by atoms with Crippen LogP contribution < -0.4 is 5.32 Å². The third-order valence-electron chi connectivity index (χ3n) is 5.49. The predicted octanol–water partition coefficient (Wildman–Crippen LogP) is 0.447. The zero-order valence-electron chi connectivity index (χ0n) is 14.8. The van der Waals surface area contributed by atoms with Crippen LogP contribution in [-0.2, 0) is 20.8 Å². The molecule has 146 valence electrons. The maximum atomic E-state index is 13.1. The lowest BCUT2D eigenvalue weighted by Gasteiger charge is -2.31. The molecule has 0 bridgehead atoms. The van der Waals surface area contributed by atoms with Crippen LogP contribution in [0.3, 0.4) is 0 Å². The van der Waals surface area contributed by atoms with Crippen LogP contribution in [0.25, 0.3) is 0 Å². The number of aromatic nitrogens is 1. The van der Waals surface area contributed by atoms with E-state index < -0.39 is 41.2 Å². The molecule has 4 unspecified atom stereocenters. The Balaban J connectivity index is 1.82. The number of benzene rings is 1. The van der Waals surface area contributed by atoms with Crippen LogP contribution in [0.2, 0.25) is 0 Å². The molecule has 4 rings (SSSR count). The zero-order chi connectivity index (χ0) is 19.9. The van der Waals surface area contributed by atoms with E-state index in [1.807, 2.05) is 6.07 Å². The lowest BCUT2D eigenvalue weighted by Crippen LogP contribution is -2.57. The van der Waals surface area contributed by atoms with Gasteiger partial charge in [0.25, 0.3) is 0 Å². The van der Waals surface area contributed by atoms with Crippen molar-refractivity contribution in [3.05, 3.63) is 52.5 Å². The number of imide groups is 1. The molecule has 2 aromatic rings. The molecular weight excluding hydrogens is 382 g/mol. The van der Waals surface area contributed by atoms with Crippen molar-refractivity contribution in [2.24, 2.45) is 11.8 Å². The second-order valence-electron chi connectivity index (χ2n) is 6.99. The van der Waals surface area contributed by atoms with Gasteiger partial charge >= 0.3 is 5.97 Å². The number of carboxylic acids is 1. The third-order valence-corrected chi connectivity index (χ3v) is 6.35. The molecule has 9 heteroatoms. The molecule has 2 amide bonds. The first kappa shape index (κ1) is 18.7. The van der Waals surface area contributed by atoms with Gasteiger partial charge in [0.2, 0.25) is 11.8 Å². The molecule has 0 aliphatic carbocycles. The average molecular weight is 401 g/mol. The van der Waals surface area contributed by atoms with Crippen molar-refractivity contribution in [1.82, 2.24) is 15.2 Å². The minimum atomic E-state index is -1.64. The van der Waals surface area contributed by atoms with Crippen molar-refractivity contribution in [1.29, 1.82) is 0 Å². The average Bonchev–Trinajstić information content (AvgIpc) is 3.37. The van der Waals surface area contributed by atoms with Crippen LogP contribution in [0.5, 0.6) is 0 Å². The number of thiazole rings is 1. The van der Waals surface area contributed by atoms with Crippen molar-refractivity contribution in [2.75, 3.05) is 13.2 Å². The molecule has 2 aliphatic heterocycles. The number of rotatable bonds is 6. The summed E-state index contributed by atoms with van der Waals surface area (Å²) >= 11 is 1.31. The summed E-state index contributed by atoms with van der Waals surface area (Å²) in [6.07, 6.45) is 1.64. The number of nitrogens with zero attached hydrogens (tertiary/aromatic N) is 2. The maximum absolute atomic E-state index is 13.1. The minimum absolute atomic E-state index is 0.0538. The molecule has 2 saturated heterocycles. The highest BCUT2D eigenvalue weighted by Crippen LogP contribution is 2.50. The number of amides is 2. The normalized spacial score (nSPS) is 29.3. The molecule has 1 aromatic heterocycles. The Labute approximate surface area is 164 Å². The Bertz CT molecular complexity index is 904. The number of aliphatic hydroxyl groups is 1. The summed E-state index contributed by atoms with van der Waals surface area (Å²) in [4.78, 5) is 43.8. The number of likely N-dealkylation sites (tertiary alicyclic amines) is 1. The molecule has 28 heavy (non-hydrogen) atoms. The van der Waals surface area contributed by atoms with E-state index in [0.717, 1.165) is 10.5 Å². The van der Waals surface area contributed by atoms with E-state index in [1.54, 1.807) is 35.8 Å². The van der Waals surface area contributed by atoms with Gasteiger partial charge in [0.1, 0.15) is 10.5 Å². The van der Waals surface area contributed by atoms with E-state index in [2.05, 4.69) is 10.3 Å². The Morgan fingerprint density at radius 3 is 2.61 bits per heavy atom. The summed E-state index contributed by atoms with van der Waals surface area (Å²) in [7, 11) is 0. The van der Waals surface area contributed by atoms with Gasteiger partial charge in [0, 0.05) is 18.0 Å². The Kier molecular flexibility index (Phi) is 4.74. The summed E-state index contributed by atoms with van der Waals surface area (Å²) in [6.45, 7) is -0.513. The summed E-state index contributed by atoms with van der Waals surface area (Å²) in [5, 5.41) is 24.9. The van der Waals surface area contributed by atoms with E-state index in [4.69, 9.17) is 0 Å². The van der Waals surface area contributed by atoms with Crippen LogP contribution in [0, 0.1) is 11.8 Å². The molecule has 2 fully saturated rings. The number of hydrogen-bond donors (Lipinski definition) is 3. The second-order valence-corrected chi connectivity index (χ2v) is 7.91. The third kappa shape index (κ3) is 2.74. The van der Waals surface area contributed by atoms with Crippen LogP contribution in [0.4, 0.5) is 0 Å². The monoisotopic (exact) mass is 401 g/mol. The first-order chi connectivity index (χ1) is 13.5. The van der Waals surface area contributed by atoms with Gasteiger partial charge in [-0.05, 0) is 5.56 Å². The van der Waals surface area contributed by atoms with Gasteiger partial charge in [-0.25, -0.2) is 4.98 Å². The Morgan fingerprint density at radius 2 is 2.00 bits per heavy atom. The molecule has 0 spiro atoms. The summed E-state index contributed by atoms with van der Waals surface area (Å²) < 4.78 is 0. The van der Waals surface area contributed by atoms with E-state index >= 15 is 0 Å². The number of carbonyl (C=O) groups is 3. The summed E-state index contributed by atoms with van der Waals surface area (Å²) in [5.74, 6) is -4.15. The molecule has 1 aromatic carbocycles. The van der Waals surface area contributed by atoms with Crippen molar-refractivity contribution in [3.8, 4) is 0 Å². The van der Waals surface area contributed by atoms with Gasteiger partial charge < -0.3 is 10.2 Å². The molecule has 4 atom stereocenters. The Morgan fingerprint density at radius 1 is 1.25 bits per heavy atom. The number of hydrogen-bond acceptors (Lipinski definition) is 7. The molecule has 0 radical (unpaired) electrons. The fourth-order valence-corrected chi connectivity index (χ4v) is 5.07.